The maximum Gasteiger partial charge on any atom is 0.328 e. The normalized spacial score (nSPS) is 22.4. The van der Waals surface area contributed by atoms with Crippen LogP contribution in [0.3, 0.4) is 0 Å². The van der Waals surface area contributed by atoms with Gasteiger partial charge < -0.3 is 10.0 Å². The van der Waals surface area contributed by atoms with Crippen molar-refractivity contribution in [3.8, 4) is 0 Å². The molecule has 1 aliphatic carbocycles. The minimum Gasteiger partial charge on any atom is -0.478 e. The Kier molecular flexibility index (Phi) is 5.29. The average molecular weight is 308 g/mol. The molecule has 3 nitrogen and oxygen atoms in total. The molecule has 21 heavy (non-hydrogen) atoms. The zero-order valence-electron chi connectivity index (χ0n) is 12.6. The topological polar surface area (TPSA) is 40.5 Å². The number of nitrogens with zero attached hydrogens (tertiary/aromatic N) is 1. The molecule has 1 aliphatic rings. The highest BCUT2D eigenvalue weighted by molar-refractivity contribution is 6.31. The summed E-state index contributed by atoms with van der Waals surface area (Å²) in [5.74, 6) is -0.201. The highest BCUT2D eigenvalue weighted by Gasteiger charge is 2.23. The van der Waals surface area contributed by atoms with Gasteiger partial charge in [0.15, 0.2) is 0 Å². The summed E-state index contributed by atoms with van der Waals surface area (Å²) in [5, 5.41) is 9.49. The summed E-state index contributed by atoms with van der Waals surface area (Å²) in [5.41, 5.74) is 1.89. The number of aliphatic carboxylic acids is 1. The van der Waals surface area contributed by atoms with Gasteiger partial charge in [-0.25, -0.2) is 4.79 Å². The number of hydrogen-bond donors (Lipinski definition) is 1. The smallest absolute Gasteiger partial charge is 0.328 e. The maximum atomic E-state index is 10.7. The first-order valence-corrected chi connectivity index (χ1v) is 7.78. The van der Waals surface area contributed by atoms with Gasteiger partial charge in [-0.3, -0.25) is 0 Å². The molecule has 2 unspecified atom stereocenters. The zero-order valence-corrected chi connectivity index (χ0v) is 13.3. The Morgan fingerprint density at radius 1 is 1.43 bits per heavy atom. The van der Waals surface area contributed by atoms with Crippen molar-refractivity contribution < 1.29 is 9.90 Å². The molecule has 0 radical (unpaired) electrons. The Morgan fingerprint density at radius 3 is 2.86 bits per heavy atom. The summed E-state index contributed by atoms with van der Waals surface area (Å²) >= 11 is 6.12. The highest BCUT2D eigenvalue weighted by atomic mass is 35.5. The van der Waals surface area contributed by atoms with Crippen LogP contribution < -0.4 is 4.90 Å². The van der Waals surface area contributed by atoms with E-state index >= 15 is 0 Å². The molecule has 0 aromatic heterocycles. The third kappa shape index (κ3) is 4.24. The van der Waals surface area contributed by atoms with Crippen LogP contribution in [0.2, 0.25) is 5.02 Å². The van der Waals surface area contributed by atoms with Gasteiger partial charge in [0.05, 0.1) is 0 Å². The first-order chi connectivity index (χ1) is 9.97. The molecular weight excluding hydrogens is 286 g/mol. The van der Waals surface area contributed by atoms with Crippen molar-refractivity contribution in [3.63, 3.8) is 0 Å². The Hall–Kier alpha value is -1.48. The number of benzene rings is 1. The Bertz CT molecular complexity index is 542. The summed E-state index contributed by atoms with van der Waals surface area (Å²) in [6.45, 7) is 2.29. The van der Waals surface area contributed by atoms with E-state index in [1.54, 1.807) is 12.1 Å². The quantitative estimate of drug-likeness (QED) is 0.835. The van der Waals surface area contributed by atoms with Gasteiger partial charge in [-0.2, -0.15) is 0 Å². The molecule has 0 aliphatic heterocycles. The van der Waals surface area contributed by atoms with E-state index in [4.69, 9.17) is 16.7 Å². The van der Waals surface area contributed by atoms with Gasteiger partial charge in [0.2, 0.25) is 0 Å². The van der Waals surface area contributed by atoms with E-state index in [9.17, 15) is 4.79 Å². The fourth-order valence-corrected chi connectivity index (χ4v) is 3.24. The van der Waals surface area contributed by atoms with Crippen molar-refractivity contribution in [1.29, 1.82) is 0 Å². The van der Waals surface area contributed by atoms with Crippen LogP contribution in [0.1, 0.15) is 38.2 Å². The second-order valence-electron chi connectivity index (χ2n) is 5.91. The third-order valence-electron chi connectivity index (χ3n) is 4.23. The van der Waals surface area contributed by atoms with Gasteiger partial charge in [-0.1, -0.05) is 37.4 Å². The van der Waals surface area contributed by atoms with Crippen LogP contribution in [0.5, 0.6) is 0 Å². The largest absolute Gasteiger partial charge is 0.478 e. The summed E-state index contributed by atoms with van der Waals surface area (Å²) in [6, 6.07) is 6.08. The predicted molar refractivity (Wildman–Crippen MR) is 87.9 cm³/mol. The summed E-state index contributed by atoms with van der Waals surface area (Å²) in [4.78, 5) is 13.0. The lowest BCUT2D eigenvalue weighted by Gasteiger charge is -2.36. The molecule has 1 fully saturated rings. The number of anilines is 1. The van der Waals surface area contributed by atoms with Gasteiger partial charge >= 0.3 is 5.97 Å². The molecule has 2 atom stereocenters. The van der Waals surface area contributed by atoms with E-state index in [0.29, 0.717) is 11.1 Å². The Balaban J connectivity index is 2.27. The van der Waals surface area contributed by atoms with Crippen LogP contribution in [-0.2, 0) is 4.79 Å². The van der Waals surface area contributed by atoms with Crippen LogP contribution in [0.15, 0.2) is 24.3 Å². The van der Waals surface area contributed by atoms with Crippen molar-refractivity contribution in [3.05, 3.63) is 34.9 Å². The van der Waals surface area contributed by atoms with Gasteiger partial charge in [0.1, 0.15) is 0 Å². The van der Waals surface area contributed by atoms with Crippen LogP contribution in [0, 0.1) is 5.92 Å². The Labute approximate surface area is 131 Å². The summed E-state index contributed by atoms with van der Waals surface area (Å²) in [6.07, 6.45) is 7.70. The fourth-order valence-electron chi connectivity index (χ4n) is 3.07. The van der Waals surface area contributed by atoms with E-state index in [2.05, 4.69) is 18.9 Å². The number of rotatable bonds is 4. The van der Waals surface area contributed by atoms with Gasteiger partial charge in [-0.15, -0.1) is 0 Å². The second kappa shape index (κ2) is 6.99. The molecule has 114 valence electrons. The van der Waals surface area contributed by atoms with Crippen LogP contribution >= 0.6 is 11.6 Å². The minimum atomic E-state index is -0.940. The molecule has 1 aromatic carbocycles. The van der Waals surface area contributed by atoms with E-state index in [1.165, 1.54) is 31.8 Å². The molecule has 0 heterocycles. The maximum absolute atomic E-state index is 10.7. The Morgan fingerprint density at radius 2 is 2.19 bits per heavy atom. The van der Waals surface area contributed by atoms with Gasteiger partial charge in [0.25, 0.3) is 0 Å². The predicted octanol–water partition coefficient (Wildman–Crippen LogP) is 4.45. The molecule has 0 saturated heterocycles. The second-order valence-corrected chi connectivity index (χ2v) is 6.35. The standard InChI is InChI=1S/C17H22ClNO2/c1-12-4-3-5-15(10-12)19(2)16-11-14(18)8-6-13(16)7-9-17(20)21/h6-9,11-12,15H,3-5,10H2,1-2H3,(H,20,21)/b9-7+. The number of hydrogen-bond acceptors (Lipinski definition) is 2. The molecule has 1 aromatic rings. The lowest BCUT2D eigenvalue weighted by Crippen LogP contribution is -2.35. The lowest BCUT2D eigenvalue weighted by atomic mass is 9.86. The molecule has 0 amide bonds. The minimum absolute atomic E-state index is 0.490. The molecule has 0 bridgehead atoms. The van der Waals surface area contributed by atoms with E-state index < -0.39 is 5.97 Å². The average Bonchev–Trinajstić information content (AvgIpc) is 2.45. The molecule has 0 spiro atoms. The molecular formula is C17H22ClNO2. The van der Waals surface area contributed by atoms with Crippen molar-refractivity contribution in [2.24, 2.45) is 5.92 Å². The number of carbonyl (C=O) groups is 1. The van der Waals surface area contributed by atoms with Crippen molar-refractivity contribution >= 4 is 29.3 Å². The van der Waals surface area contributed by atoms with Crippen molar-refractivity contribution in [2.75, 3.05) is 11.9 Å². The van der Waals surface area contributed by atoms with Gasteiger partial charge in [-0.05, 0) is 42.5 Å². The number of halogens is 1. The first kappa shape index (κ1) is 15.9. The zero-order chi connectivity index (χ0) is 15.4. The number of carboxylic acids is 1. The van der Waals surface area contributed by atoms with E-state index in [0.717, 1.165) is 17.2 Å². The van der Waals surface area contributed by atoms with Gasteiger partial charge in [0, 0.05) is 29.9 Å². The first-order valence-electron chi connectivity index (χ1n) is 7.40. The monoisotopic (exact) mass is 307 g/mol. The number of carboxylic acid groups (broad SMARTS) is 1. The molecule has 2 rings (SSSR count). The van der Waals surface area contributed by atoms with E-state index in [-0.39, 0.29) is 0 Å². The molecule has 1 N–H and O–H groups in total. The summed E-state index contributed by atoms with van der Waals surface area (Å²) in [7, 11) is 2.08. The van der Waals surface area contributed by atoms with Crippen LogP contribution in [0.25, 0.3) is 6.08 Å². The molecule has 4 heteroatoms. The van der Waals surface area contributed by atoms with Crippen LogP contribution in [-0.4, -0.2) is 24.2 Å². The fraction of sp³-hybridized carbons (Fsp3) is 0.471. The van der Waals surface area contributed by atoms with Crippen molar-refractivity contribution in [1.82, 2.24) is 0 Å². The molecule has 1 saturated carbocycles. The summed E-state index contributed by atoms with van der Waals surface area (Å²) < 4.78 is 0. The van der Waals surface area contributed by atoms with Crippen LogP contribution in [0.4, 0.5) is 5.69 Å². The highest BCUT2D eigenvalue weighted by Crippen LogP contribution is 2.33. The third-order valence-corrected chi connectivity index (χ3v) is 4.47. The van der Waals surface area contributed by atoms with Crippen molar-refractivity contribution in [2.45, 2.75) is 38.6 Å². The SMILES string of the molecule is CC1CCCC(N(C)c2cc(Cl)ccc2/C=C/C(=O)O)C1. The lowest BCUT2D eigenvalue weighted by molar-refractivity contribution is -0.131. The van der Waals surface area contributed by atoms with E-state index in [1.807, 2.05) is 12.1 Å².